The molecule has 6 heteroatoms. The third-order valence-corrected chi connectivity index (χ3v) is 10.6. The summed E-state index contributed by atoms with van der Waals surface area (Å²) >= 11 is 0. The van der Waals surface area contributed by atoms with E-state index < -0.39 is 6.10 Å². The van der Waals surface area contributed by atoms with Gasteiger partial charge in [0.2, 0.25) is 0 Å². The summed E-state index contributed by atoms with van der Waals surface area (Å²) in [6, 6.07) is 0. The van der Waals surface area contributed by atoms with E-state index in [4.69, 9.17) is 14.2 Å². The van der Waals surface area contributed by atoms with Crippen LogP contribution in [0.15, 0.2) is 97.2 Å². The van der Waals surface area contributed by atoms with Gasteiger partial charge in [-0.05, 0) is 96.3 Å². The lowest BCUT2D eigenvalue weighted by atomic mass is 10.1. The number of rotatable bonds is 45. The minimum Gasteiger partial charge on any atom is -0.462 e. The number of hydrogen-bond acceptors (Lipinski definition) is 6. The summed E-state index contributed by atoms with van der Waals surface area (Å²) in [7, 11) is 0. The topological polar surface area (TPSA) is 78.9 Å². The van der Waals surface area contributed by atoms with Crippen molar-refractivity contribution in [2.75, 3.05) is 13.2 Å². The molecule has 0 heterocycles. The van der Waals surface area contributed by atoms with Crippen molar-refractivity contribution >= 4 is 17.9 Å². The summed E-state index contributed by atoms with van der Waals surface area (Å²) in [6.45, 7) is 6.32. The van der Waals surface area contributed by atoms with E-state index in [0.29, 0.717) is 19.3 Å². The predicted molar refractivity (Wildman–Crippen MR) is 270 cm³/mol. The van der Waals surface area contributed by atoms with Crippen LogP contribution in [0.25, 0.3) is 0 Å². The number of esters is 3. The average Bonchev–Trinajstić information content (AvgIpc) is 3.28. The van der Waals surface area contributed by atoms with Crippen LogP contribution in [0.1, 0.15) is 226 Å². The highest BCUT2D eigenvalue weighted by molar-refractivity contribution is 5.71. The smallest absolute Gasteiger partial charge is 0.306 e. The number of hydrogen-bond donors (Lipinski definition) is 0. The third kappa shape index (κ3) is 49.2. The van der Waals surface area contributed by atoms with Crippen LogP contribution in [0.5, 0.6) is 0 Å². The maximum atomic E-state index is 12.8. The average molecular weight is 875 g/mol. The molecule has 63 heavy (non-hydrogen) atoms. The van der Waals surface area contributed by atoms with Crippen molar-refractivity contribution in [2.24, 2.45) is 0 Å². The Morgan fingerprint density at radius 2 is 0.698 bits per heavy atom. The van der Waals surface area contributed by atoms with Crippen molar-refractivity contribution in [3.8, 4) is 0 Å². The fourth-order valence-electron chi connectivity index (χ4n) is 6.81. The van der Waals surface area contributed by atoms with Gasteiger partial charge < -0.3 is 14.2 Å². The molecule has 0 aromatic carbocycles. The zero-order chi connectivity index (χ0) is 45.8. The molecule has 1 atom stereocenters. The lowest BCUT2D eigenvalue weighted by Crippen LogP contribution is -2.30. The molecule has 0 saturated heterocycles. The van der Waals surface area contributed by atoms with Gasteiger partial charge >= 0.3 is 17.9 Å². The van der Waals surface area contributed by atoms with Crippen LogP contribution in [0.2, 0.25) is 0 Å². The normalized spacial score (nSPS) is 12.9. The number of carbonyl (C=O) groups excluding carboxylic acids is 3. The zero-order valence-corrected chi connectivity index (χ0v) is 40.8. The zero-order valence-electron chi connectivity index (χ0n) is 40.8. The van der Waals surface area contributed by atoms with Crippen molar-refractivity contribution in [1.29, 1.82) is 0 Å². The summed E-state index contributed by atoms with van der Waals surface area (Å²) in [5, 5.41) is 0. The maximum Gasteiger partial charge on any atom is 0.306 e. The molecule has 0 bridgehead atoms. The maximum absolute atomic E-state index is 12.8. The van der Waals surface area contributed by atoms with Crippen molar-refractivity contribution in [1.82, 2.24) is 0 Å². The monoisotopic (exact) mass is 875 g/mol. The van der Waals surface area contributed by atoms with E-state index in [1.54, 1.807) is 0 Å². The Labute approximate surface area is 387 Å². The van der Waals surface area contributed by atoms with Crippen molar-refractivity contribution in [3.05, 3.63) is 97.2 Å². The summed E-state index contributed by atoms with van der Waals surface area (Å²) in [4.78, 5) is 38.0. The minimum absolute atomic E-state index is 0.102. The van der Waals surface area contributed by atoms with Crippen LogP contribution < -0.4 is 0 Å². The molecular weight excluding hydrogens is 781 g/mol. The highest BCUT2D eigenvalue weighted by atomic mass is 16.6. The van der Waals surface area contributed by atoms with E-state index in [0.717, 1.165) is 116 Å². The van der Waals surface area contributed by atoms with E-state index >= 15 is 0 Å². The Morgan fingerprint density at radius 3 is 1.19 bits per heavy atom. The Kier molecular flexibility index (Phi) is 48.0. The van der Waals surface area contributed by atoms with Crippen molar-refractivity contribution in [2.45, 2.75) is 232 Å². The van der Waals surface area contributed by atoms with Crippen LogP contribution >= 0.6 is 0 Å². The molecular formula is C57H94O6. The summed E-state index contributed by atoms with van der Waals surface area (Å²) in [6.07, 6.45) is 66.8. The Morgan fingerprint density at radius 1 is 0.349 bits per heavy atom. The molecule has 0 spiro atoms. The molecule has 0 aromatic heterocycles. The van der Waals surface area contributed by atoms with Gasteiger partial charge in [0.25, 0.3) is 0 Å². The lowest BCUT2D eigenvalue weighted by molar-refractivity contribution is -0.167. The molecule has 0 aliphatic carbocycles. The second kappa shape index (κ2) is 51.0. The molecule has 358 valence electrons. The van der Waals surface area contributed by atoms with Gasteiger partial charge in [-0.3, -0.25) is 14.4 Å². The largest absolute Gasteiger partial charge is 0.462 e. The van der Waals surface area contributed by atoms with Gasteiger partial charge in [-0.25, -0.2) is 0 Å². The first-order chi connectivity index (χ1) is 31.0. The number of carbonyl (C=O) groups is 3. The lowest BCUT2D eigenvalue weighted by Gasteiger charge is -2.18. The van der Waals surface area contributed by atoms with Crippen LogP contribution in [-0.2, 0) is 28.6 Å². The van der Waals surface area contributed by atoms with Gasteiger partial charge in [-0.2, -0.15) is 0 Å². The Bertz CT molecular complexity index is 1280. The van der Waals surface area contributed by atoms with Crippen LogP contribution in [-0.4, -0.2) is 37.2 Å². The van der Waals surface area contributed by atoms with Crippen LogP contribution in [0, 0.1) is 0 Å². The van der Waals surface area contributed by atoms with E-state index in [2.05, 4.69) is 81.5 Å². The highest BCUT2D eigenvalue weighted by Crippen LogP contribution is 2.14. The standard InChI is InChI=1S/C57H94O6/c1-4-7-10-13-16-19-22-25-27-29-32-35-38-41-44-47-50-56(59)62-53-54(52-61-55(58)49-46-43-40-37-34-31-24-21-18-15-12-9-6-3)63-57(60)51-48-45-42-39-36-33-30-28-26-23-20-17-14-11-8-5-2/h7,9-10,12,15-16,18-19,21,24-25,27-28,30-31,34,54H,4-6,8,11,13-14,17,20,22-23,26,29,32-33,35-53H2,1-3H3/b10-7-,12-9-,18-15-,19-16-,24-21-,27-25-,30-28-,34-31-. The molecule has 0 saturated carbocycles. The van der Waals surface area contributed by atoms with Crippen LogP contribution in [0.3, 0.4) is 0 Å². The minimum atomic E-state index is -0.804. The molecule has 0 radical (unpaired) electrons. The van der Waals surface area contributed by atoms with Gasteiger partial charge in [0.05, 0.1) is 0 Å². The van der Waals surface area contributed by atoms with Gasteiger partial charge in [0, 0.05) is 19.3 Å². The van der Waals surface area contributed by atoms with E-state index in [9.17, 15) is 14.4 Å². The highest BCUT2D eigenvalue weighted by Gasteiger charge is 2.19. The fraction of sp³-hybridized carbons (Fsp3) is 0.667. The molecule has 0 aliphatic rings. The molecule has 0 aromatic rings. The van der Waals surface area contributed by atoms with E-state index in [1.165, 1.54) is 70.6 Å². The van der Waals surface area contributed by atoms with Crippen molar-refractivity contribution < 1.29 is 28.6 Å². The summed E-state index contributed by atoms with van der Waals surface area (Å²) < 4.78 is 16.7. The number of ether oxygens (including phenoxy) is 3. The molecule has 0 N–H and O–H groups in total. The summed E-state index contributed by atoms with van der Waals surface area (Å²) in [5.41, 5.74) is 0. The van der Waals surface area contributed by atoms with Gasteiger partial charge in [0.1, 0.15) is 13.2 Å². The molecule has 6 nitrogen and oxygen atoms in total. The SMILES string of the molecule is CC\C=C/C=C\C=C/C=C\CCCCCC(=O)OCC(COC(=O)CCCCCCCC/C=C\C/C=C\C/C=C\CC)OC(=O)CCCCCCC/C=C\CCCCCCCCC. The first kappa shape index (κ1) is 59.3. The number of allylic oxidation sites excluding steroid dienone is 16. The van der Waals surface area contributed by atoms with Gasteiger partial charge in [-0.15, -0.1) is 0 Å². The molecule has 0 fully saturated rings. The van der Waals surface area contributed by atoms with Crippen LogP contribution in [0.4, 0.5) is 0 Å². The number of unbranched alkanes of at least 4 members (excludes halogenated alkanes) is 21. The fourth-order valence-corrected chi connectivity index (χ4v) is 6.81. The Balaban J connectivity index is 4.48. The van der Waals surface area contributed by atoms with Gasteiger partial charge in [0.15, 0.2) is 6.10 Å². The van der Waals surface area contributed by atoms with Crippen molar-refractivity contribution in [3.63, 3.8) is 0 Å². The van der Waals surface area contributed by atoms with E-state index in [-0.39, 0.29) is 31.1 Å². The molecule has 0 rings (SSSR count). The predicted octanol–water partition coefficient (Wildman–Crippen LogP) is 17.0. The first-order valence-corrected chi connectivity index (χ1v) is 25.8. The molecule has 0 aliphatic heterocycles. The Hall–Kier alpha value is -3.67. The molecule has 1 unspecified atom stereocenters. The quantitative estimate of drug-likeness (QED) is 0.0199. The molecule has 0 amide bonds. The van der Waals surface area contributed by atoms with Gasteiger partial charge in [-0.1, -0.05) is 208 Å². The third-order valence-electron chi connectivity index (χ3n) is 10.6. The van der Waals surface area contributed by atoms with E-state index in [1.807, 2.05) is 36.5 Å². The summed E-state index contributed by atoms with van der Waals surface area (Å²) in [5.74, 6) is -0.965. The second-order valence-electron chi connectivity index (χ2n) is 16.8. The first-order valence-electron chi connectivity index (χ1n) is 25.8. The second-order valence-corrected chi connectivity index (χ2v) is 16.8.